The van der Waals surface area contributed by atoms with Gasteiger partial charge in [-0.15, -0.1) is 0 Å². The van der Waals surface area contributed by atoms with Crippen molar-refractivity contribution in [2.24, 2.45) is 4.99 Å². The Morgan fingerprint density at radius 1 is 1.19 bits per heavy atom. The number of benzene rings is 1. The lowest BCUT2D eigenvalue weighted by molar-refractivity contribution is -0.142. The zero-order valence-corrected chi connectivity index (χ0v) is 19.9. The summed E-state index contributed by atoms with van der Waals surface area (Å²) in [5.41, 5.74) is 1.11. The second kappa shape index (κ2) is 12.6. The van der Waals surface area contributed by atoms with Gasteiger partial charge < -0.3 is 29.5 Å². The van der Waals surface area contributed by atoms with Crippen molar-refractivity contribution < 1.29 is 14.3 Å². The molecule has 2 saturated heterocycles. The molecule has 0 aromatic heterocycles. The summed E-state index contributed by atoms with van der Waals surface area (Å²) in [6.07, 6.45) is 1.59. The number of nitrogens with one attached hydrogen (secondary N) is 1. The Morgan fingerprint density at radius 2 is 1.91 bits per heavy atom. The molecular weight excluding hydrogens is 406 g/mol. The minimum absolute atomic E-state index is 0.140. The van der Waals surface area contributed by atoms with E-state index in [4.69, 9.17) is 9.47 Å². The molecule has 0 bridgehead atoms. The largest absolute Gasteiger partial charge is 0.492 e. The van der Waals surface area contributed by atoms with Crippen LogP contribution < -0.4 is 10.1 Å². The molecule has 2 heterocycles. The zero-order chi connectivity index (χ0) is 22.8. The maximum Gasteiger partial charge on any atom is 0.251 e. The van der Waals surface area contributed by atoms with Crippen LogP contribution in [0.3, 0.4) is 0 Å². The summed E-state index contributed by atoms with van der Waals surface area (Å²) >= 11 is 0. The van der Waals surface area contributed by atoms with E-state index in [1.807, 2.05) is 23.1 Å². The van der Waals surface area contributed by atoms with Gasteiger partial charge in [0.05, 0.1) is 0 Å². The highest BCUT2D eigenvalue weighted by atomic mass is 16.5. The molecule has 0 radical (unpaired) electrons. The van der Waals surface area contributed by atoms with E-state index in [-0.39, 0.29) is 12.0 Å². The third-order valence-corrected chi connectivity index (χ3v) is 6.28. The number of aliphatic imine (C=N–C) groups is 1. The summed E-state index contributed by atoms with van der Waals surface area (Å²) in [4.78, 5) is 23.5. The first-order valence-electron chi connectivity index (χ1n) is 11.9. The normalized spacial score (nSPS) is 19.5. The molecule has 1 aromatic rings. The average Bonchev–Trinajstić information content (AvgIpc) is 3.38. The van der Waals surface area contributed by atoms with Crippen LogP contribution in [0.4, 0.5) is 0 Å². The van der Waals surface area contributed by atoms with Crippen LogP contribution in [0.15, 0.2) is 29.3 Å². The number of carbonyl (C=O) groups is 1. The molecule has 32 heavy (non-hydrogen) atoms. The number of nitrogens with zero attached hydrogens (tertiary/aromatic N) is 4. The first-order chi connectivity index (χ1) is 15.7. The number of guanidine groups is 1. The number of para-hydroxylation sites is 1. The molecule has 0 saturated carbocycles. The molecule has 1 atom stereocenters. The maximum atomic E-state index is 12.6. The van der Waals surface area contributed by atoms with E-state index < -0.39 is 0 Å². The van der Waals surface area contributed by atoms with Gasteiger partial charge in [-0.3, -0.25) is 9.79 Å². The molecule has 1 unspecified atom stereocenters. The van der Waals surface area contributed by atoms with E-state index in [2.05, 4.69) is 40.0 Å². The van der Waals surface area contributed by atoms with Crippen molar-refractivity contribution in [3.63, 3.8) is 0 Å². The van der Waals surface area contributed by atoms with Gasteiger partial charge in [0.25, 0.3) is 5.91 Å². The van der Waals surface area contributed by atoms with E-state index >= 15 is 0 Å². The summed E-state index contributed by atoms with van der Waals surface area (Å²) < 4.78 is 11.6. The standard InChI is InChI=1S/C24H39N5O3/c1-4-27(5-2)16-18-32-21-10-7-6-9-20(21)19-26-24(25-3)29-14-12-28(13-15-29)23(30)22-11-8-17-31-22/h6-7,9-10,22H,4-5,8,11-19H2,1-3H3,(H,25,26). The van der Waals surface area contributed by atoms with E-state index in [9.17, 15) is 4.79 Å². The van der Waals surface area contributed by atoms with Crippen LogP contribution in [0.1, 0.15) is 32.3 Å². The Balaban J connectivity index is 1.48. The number of amides is 1. The van der Waals surface area contributed by atoms with Crippen LogP contribution in [-0.2, 0) is 16.1 Å². The first kappa shape index (κ1) is 24.3. The van der Waals surface area contributed by atoms with E-state index in [1.165, 1.54) is 0 Å². The number of ether oxygens (including phenoxy) is 2. The molecule has 0 spiro atoms. The Bertz CT molecular complexity index is 739. The number of rotatable bonds is 9. The molecule has 2 aliphatic rings. The van der Waals surface area contributed by atoms with Gasteiger partial charge in [-0.1, -0.05) is 32.0 Å². The van der Waals surface area contributed by atoms with Crippen molar-refractivity contribution in [3.05, 3.63) is 29.8 Å². The Labute approximate surface area is 192 Å². The Hall–Kier alpha value is -2.32. The summed E-state index contributed by atoms with van der Waals surface area (Å²) in [5.74, 6) is 1.91. The van der Waals surface area contributed by atoms with Crippen molar-refractivity contribution >= 4 is 11.9 Å². The zero-order valence-electron chi connectivity index (χ0n) is 19.9. The van der Waals surface area contributed by atoms with Gasteiger partial charge in [0.15, 0.2) is 5.96 Å². The predicted molar refractivity (Wildman–Crippen MR) is 127 cm³/mol. The van der Waals surface area contributed by atoms with Crippen molar-refractivity contribution in [2.75, 3.05) is 66.1 Å². The summed E-state index contributed by atoms with van der Waals surface area (Å²) in [6.45, 7) is 12.3. The molecule has 1 aromatic carbocycles. The van der Waals surface area contributed by atoms with Gasteiger partial charge in [-0.2, -0.15) is 0 Å². The molecular formula is C24H39N5O3. The van der Waals surface area contributed by atoms with Gasteiger partial charge >= 0.3 is 0 Å². The number of carbonyl (C=O) groups excluding carboxylic acids is 1. The van der Waals surface area contributed by atoms with Crippen molar-refractivity contribution in [1.29, 1.82) is 0 Å². The highest BCUT2D eigenvalue weighted by Gasteiger charge is 2.30. The van der Waals surface area contributed by atoms with Gasteiger partial charge in [-0.25, -0.2) is 0 Å². The molecule has 2 aliphatic heterocycles. The number of likely N-dealkylation sites (N-methyl/N-ethyl adjacent to an activating group) is 1. The quantitative estimate of drug-likeness (QED) is 0.462. The Morgan fingerprint density at radius 3 is 2.56 bits per heavy atom. The minimum Gasteiger partial charge on any atom is -0.492 e. The van der Waals surface area contributed by atoms with E-state index in [0.29, 0.717) is 32.8 Å². The number of piperazine rings is 1. The van der Waals surface area contributed by atoms with Gasteiger partial charge in [0.2, 0.25) is 0 Å². The molecule has 1 N–H and O–H groups in total. The van der Waals surface area contributed by atoms with Crippen LogP contribution in [0.5, 0.6) is 5.75 Å². The van der Waals surface area contributed by atoms with E-state index in [0.717, 1.165) is 62.8 Å². The number of hydrogen-bond acceptors (Lipinski definition) is 5. The Kier molecular flexibility index (Phi) is 9.62. The second-order valence-electron chi connectivity index (χ2n) is 8.20. The highest BCUT2D eigenvalue weighted by molar-refractivity contribution is 5.82. The number of hydrogen-bond donors (Lipinski definition) is 1. The average molecular weight is 446 g/mol. The van der Waals surface area contributed by atoms with Gasteiger partial charge in [-0.05, 0) is 32.0 Å². The van der Waals surface area contributed by atoms with Crippen molar-refractivity contribution in [3.8, 4) is 5.75 Å². The monoisotopic (exact) mass is 445 g/mol. The minimum atomic E-state index is -0.239. The van der Waals surface area contributed by atoms with E-state index in [1.54, 1.807) is 7.05 Å². The third kappa shape index (κ3) is 6.59. The fourth-order valence-corrected chi connectivity index (χ4v) is 4.24. The van der Waals surface area contributed by atoms with Crippen molar-refractivity contribution in [2.45, 2.75) is 39.3 Å². The topological polar surface area (TPSA) is 69.6 Å². The molecule has 178 valence electrons. The highest BCUT2D eigenvalue weighted by Crippen LogP contribution is 2.19. The fraction of sp³-hybridized carbons (Fsp3) is 0.667. The molecule has 8 nitrogen and oxygen atoms in total. The lowest BCUT2D eigenvalue weighted by Crippen LogP contribution is -2.55. The second-order valence-corrected chi connectivity index (χ2v) is 8.20. The fourth-order valence-electron chi connectivity index (χ4n) is 4.24. The van der Waals surface area contributed by atoms with Crippen LogP contribution in [0.25, 0.3) is 0 Å². The first-order valence-corrected chi connectivity index (χ1v) is 11.9. The van der Waals surface area contributed by atoms with Crippen molar-refractivity contribution in [1.82, 2.24) is 20.0 Å². The maximum absolute atomic E-state index is 12.6. The third-order valence-electron chi connectivity index (χ3n) is 6.28. The van der Waals surface area contributed by atoms with Crippen LogP contribution in [0.2, 0.25) is 0 Å². The molecule has 1 amide bonds. The molecule has 3 rings (SSSR count). The van der Waals surface area contributed by atoms with Gasteiger partial charge in [0, 0.05) is 58.5 Å². The smallest absolute Gasteiger partial charge is 0.251 e. The van der Waals surface area contributed by atoms with Crippen LogP contribution in [0, 0.1) is 0 Å². The summed E-state index contributed by atoms with van der Waals surface area (Å²) in [7, 11) is 1.80. The molecule has 8 heteroatoms. The van der Waals surface area contributed by atoms with Crippen LogP contribution in [-0.4, -0.2) is 98.7 Å². The lowest BCUT2D eigenvalue weighted by Gasteiger charge is -2.37. The van der Waals surface area contributed by atoms with Gasteiger partial charge in [0.1, 0.15) is 18.5 Å². The lowest BCUT2D eigenvalue weighted by atomic mass is 10.2. The summed E-state index contributed by atoms with van der Waals surface area (Å²) in [5, 5.41) is 3.47. The molecule has 0 aliphatic carbocycles. The SMILES string of the molecule is CCN(CC)CCOc1ccccc1CNC(=NC)N1CCN(C(=O)C2CCCO2)CC1. The van der Waals surface area contributed by atoms with Crippen LogP contribution >= 0.6 is 0 Å². The summed E-state index contributed by atoms with van der Waals surface area (Å²) in [6, 6.07) is 8.16. The molecule has 2 fully saturated rings. The predicted octanol–water partition coefficient (Wildman–Crippen LogP) is 1.81.